The van der Waals surface area contributed by atoms with Gasteiger partial charge in [-0.15, -0.1) is 0 Å². The predicted octanol–water partition coefficient (Wildman–Crippen LogP) is 4.16. The number of ether oxygens (including phenoxy) is 2. The lowest BCUT2D eigenvalue weighted by Gasteiger charge is -2.11. The first-order valence-corrected chi connectivity index (χ1v) is 10.7. The fourth-order valence-electron chi connectivity index (χ4n) is 2.75. The van der Waals surface area contributed by atoms with Gasteiger partial charge < -0.3 is 14.8 Å². The van der Waals surface area contributed by atoms with Gasteiger partial charge >= 0.3 is 17.5 Å². The molecule has 0 aliphatic heterocycles. The van der Waals surface area contributed by atoms with Crippen LogP contribution in [0.25, 0.3) is 0 Å². The molecule has 14 heteroatoms. The van der Waals surface area contributed by atoms with Gasteiger partial charge in [-0.25, -0.2) is 5.43 Å². The van der Waals surface area contributed by atoms with E-state index in [9.17, 15) is 29.8 Å². The largest absolute Gasteiger partial charge is 0.493 e. The lowest BCUT2D eigenvalue weighted by molar-refractivity contribution is -0.394. The summed E-state index contributed by atoms with van der Waals surface area (Å²) in [5.74, 6) is -1.89. The van der Waals surface area contributed by atoms with E-state index in [1.54, 1.807) is 24.3 Å². The Hall–Kier alpha value is -4.85. The van der Waals surface area contributed by atoms with Crippen LogP contribution in [-0.2, 0) is 9.59 Å². The number of anilines is 1. The third-order valence-electron chi connectivity index (χ3n) is 4.45. The first-order chi connectivity index (χ1) is 17.2. The summed E-state index contributed by atoms with van der Waals surface area (Å²) in [7, 11) is 1.33. The van der Waals surface area contributed by atoms with Gasteiger partial charge in [0.2, 0.25) is 5.75 Å². The number of nitro benzene ring substituents is 2. The van der Waals surface area contributed by atoms with Gasteiger partial charge in [0, 0.05) is 16.2 Å². The molecule has 2 amide bonds. The maximum Gasteiger partial charge on any atom is 0.329 e. The summed E-state index contributed by atoms with van der Waals surface area (Å²) in [6, 6.07) is 14.0. The smallest absolute Gasteiger partial charge is 0.329 e. The van der Waals surface area contributed by atoms with Crippen LogP contribution in [0.3, 0.4) is 0 Å². The number of nitro groups is 2. The van der Waals surface area contributed by atoms with Gasteiger partial charge in [-0.3, -0.25) is 29.8 Å². The molecule has 0 aliphatic carbocycles. The molecule has 0 saturated carbocycles. The van der Waals surface area contributed by atoms with E-state index < -0.39 is 33.0 Å². The number of nitrogens with zero attached hydrogens (tertiary/aromatic N) is 3. The van der Waals surface area contributed by atoms with E-state index in [0.29, 0.717) is 11.3 Å². The molecule has 0 fully saturated rings. The first kappa shape index (κ1) is 25.8. The number of methoxy groups -OCH3 is 1. The van der Waals surface area contributed by atoms with Gasteiger partial charge in [-0.1, -0.05) is 15.9 Å². The second-order valence-corrected chi connectivity index (χ2v) is 7.75. The molecule has 184 valence electrons. The van der Waals surface area contributed by atoms with Crippen LogP contribution in [0.1, 0.15) is 5.56 Å². The van der Waals surface area contributed by atoms with Gasteiger partial charge in [0.25, 0.3) is 5.69 Å². The Balaban J connectivity index is 1.69. The highest BCUT2D eigenvalue weighted by molar-refractivity contribution is 9.10. The number of carbonyl (C=O) groups excluding carboxylic acids is 2. The minimum Gasteiger partial charge on any atom is -0.493 e. The van der Waals surface area contributed by atoms with Gasteiger partial charge in [-0.05, 0) is 54.1 Å². The first-order valence-electron chi connectivity index (χ1n) is 9.86. The highest BCUT2D eigenvalue weighted by Gasteiger charge is 2.22. The van der Waals surface area contributed by atoms with Crippen molar-refractivity contribution in [1.29, 1.82) is 0 Å². The molecule has 0 spiro atoms. The standard InChI is InChI=1S/C22H16BrN5O8/c1-35-20-10-13(12-24-26-22(30)21(29)25-15-5-3-14(23)4-6-15)2-8-19(20)36-18-9-7-16(27(31)32)11-17(18)28(33)34/h2-12H,1H3,(H,25,29)(H,26,30)/b24-12+. The number of benzene rings is 3. The summed E-state index contributed by atoms with van der Waals surface area (Å²) < 4.78 is 11.6. The quantitative estimate of drug-likeness (QED) is 0.179. The molecule has 13 nitrogen and oxygen atoms in total. The van der Waals surface area contributed by atoms with Crippen molar-refractivity contribution in [2.45, 2.75) is 0 Å². The Bertz CT molecular complexity index is 1360. The zero-order chi connectivity index (χ0) is 26.2. The van der Waals surface area contributed by atoms with Gasteiger partial charge in [0.05, 0.1) is 29.2 Å². The second kappa shape index (κ2) is 11.5. The zero-order valence-electron chi connectivity index (χ0n) is 18.3. The van der Waals surface area contributed by atoms with E-state index in [4.69, 9.17) is 9.47 Å². The SMILES string of the molecule is COc1cc(/C=N/NC(=O)C(=O)Nc2ccc(Br)cc2)ccc1Oc1ccc([N+](=O)[O-])cc1[N+](=O)[O-]. The number of non-ortho nitro benzene ring substituents is 1. The van der Waals surface area contributed by atoms with Crippen LogP contribution in [-0.4, -0.2) is 35.0 Å². The molecule has 0 atom stereocenters. The average Bonchev–Trinajstić information content (AvgIpc) is 2.86. The van der Waals surface area contributed by atoms with Gasteiger partial charge in [0.15, 0.2) is 11.5 Å². The van der Waals surface area contributed by atoms with Crippen molar-refractivity contribution < 1.29 is 28.9 Å². The number of nitrogens with one attached hydrogen (secondary N) is 2. The van der Waals surface area contributed by atoms with Crippen LogP contribution in [0.2, 0.25) is 0 Å². The van der Waals surface area contributed by atoms with Crippen LogP contribution in [0.5, 0.6) is 17.2 Å². The molecule has 0 aliphatic rings. The van der Waals surface area contributed by atoms with E-state index >= 15 is 0 Å². The molecule has 36 heavy (non-hydrogen) atoms. The van der Waals surface area contributed by atoms with Gasteiger partial charge in [-0.2, -0.15) is 5.10 Å². The summed E-state index contributed by atoms with van der Waals surface area (Å²) in [5.41, 5.74) is 1.90. The van der Waals surface area contributed by atoms with Crippen LogP contribution in [0, 0.1) is 20.2 Å². The minimum absolute atomic E-state index is 0.0875. The summed E-state index contributed by atoms with van der Waals surface area (Å²) in [6.07, 6.45) is 1.24. The summed E-state index contributed by atoms with van der Waals surface area (Å²) in [6.45, 7) is 0. The molecule has 0 aromatic heterocycles. The maximum absolute atomic E-state index is 12.0. The van der Waals surface area contributed by atoms with E-state index in [1.807, 2.05) is 0 Å². The molecule has 3 rings (SSSR count). The molecule has 0 heterocycles. The second-order valence-electron chi connectivity index (χ2n) is 6.84. The lowest BCUT2D eigenvalue weighted by atomic mass is 10.2. The summed E-state index contributed by atoms with van der Waals surface area (Å²) in [5, 5.41) is 28.4. The highest BCUT2D eigenvalue weighted by Crippen LogP contribution is 2.38. The van der Waals surface area contributed by atoms with Crippen molar-refractivity contribution in [2.75, 3.05) is 12.4 Å². The number of hydrazone groups is 1. The molecule has 0 saturated heterocycles. The normalized spacial score (nSPS) is 10.5. The monoisotopic (exact) mass is 557 g/mol. The number of hydrogen-bond acceptors (Lipinski definition) is 9. The third-order valence-corrected chi connectivity index (χ3v) is 4.97. The van der Waals surface area contributed by atoms with Crippen molar-refractivity contribution in [3.8, 4) is 17.2 Å². The fourth-order valence-corrected chi connectivity index (χ4v) is 3.02. The molecular formula is C22H16BrN5O8. The Morgan fingerprint density at radius 3 is 2.25 bits per heavy atom. The number of amides is 2. The van der Waals surface area contributed by atoms with E-state index in [0.717, 1.165) is 22.7 Å². The fraction of sp³-hybridized carbons (Fsp3) is 0.0455. The molecular weight excluding hydrogens is 542 g/mol. The van der Waals surface area contributed by atoms with Crippen LogP contribution >= 0.6 is 15.9 Å². The number of hydrogen-bond donors (Lipinski definition) is 2. The van der Waals surface area contributed by atoms with Crippen LogP contribution < -0.4 is 20.2 Å². The third kappa shape index (κ3) is 6.60. The summed E-state index contributed by atoms with van der Waals surface area (Å²) in [4.78, 5) is 44.6. The van der Waals surface area contributed by atoms with Crippen molar-refractivity contribution in [1.82, 2.24) is 5.43 Å². The summed E-state index contributed by atoms with van der Waals surface area (Å²) >= 11 is 3.27. The maximum atomic E-state index is 12.0. The van der Waals surface area contributed by atoms with Crippen molar-refractivity contribution in [3.63, 3.8) is 0 Å². The Morgan fingerprint density at radius 1 is 0.917 bits per heavy atom. The van der Waals surface area contributed by atoms with Crippen molar-refractivity contribution in [3.05, 3.63) is 90.9 Å². The molecule has 0 unspecified atom stereocenters. The molecule has 3 aromatic rings. The minimum atomic E-state index is -0.994. The lowest BCUT2D eigenvalue weighted by Crippen LogP contribution is -2.32. The number of halogens is 1. The van der Waals surface area contributed by atoms with Crippen molar-refractivity contribution >= 4 is 51.0 Å². The topological polar surface area (TPSA) is 175 Å². The van der Waals surface area contributed by atoms with Crippen LogP contribution in [0.15, 0.2) is 70.2 Å². The molecule has 0 bridgehead atoms. The Morgan fingerprint density at radius 2 is 1.61 bits per heavy atom. The molecule has 3 aromatic carbocycles. The zero-order valence-corrected chi connectivity index (χ0v) is 19.9. The average molecular weight is 558 g/mol. The predicted molar refractivity (Wildman–Crippen MR) is 131 cm³/mol. The number of rotatable bonds is 8. The van der Waals surface area contributed by atoms with E-state index in [-0.39, 0.29) is 17.2 Å². The van der Waals surface area contributed by atoms with Gasteiger partial charge in [0.1, 0.15) is 0 Å². The molecule has 2 N–H and O–H groups in total. The van der Waals surface area contributed by atoms with E-state index in [1.165, 1.54) is 31.5 Å². The highest BCUT2D eigenvalue weighted by atomic mass is 79.9. The molecule has 0 radical (unpaired) electrons. The Kier molecular flexibility index (Phi) is 8.25. The van der Waals surface area contributed by atoms with E-state index in [2.05, 4.69) is 31.8 Å². The Labute approximate surface area is 211 Å². The number of carbonyl (C=O) groups is 2. The van der Waals surface area contributed by atoms with Crippen LogP contribution in [0.4, 0.5) is 17.1 Å². The van der Waals surface area contributed by atoms with Crippen molar-refractivity contribution in [2.24, 2.45) is 5.10 Å².